The van der Waals surface area contributed by atoms with Crippen molar-refractivity contribution in [2.45, 2.75) is 52.0 Å². The molecular weight excluding hydrogens is 158 g/mol. The quantitative estimate of drug-likeness (QED) is 0.633. The van der Waals surface area contributed by atoms with Gasteiger partial charge in [-0.3, -0.25) is 0 Å². The van der Waals surface area contributed by atoms with Gasteiger partial charge in [-0.2, -0.15) is 0 Å². The molecule has 0 N–H and O–H groups in total. The van der Waals surface area contributed by atoms with E-state index in [2.05, 4.69) is 18.7 Å². The second-order valence-corrected chi connectivity index (χ2v) is 5.20. The third-order valence-corrected chi connectivity index (χ3v) is 4.09. The molecule has 0 amide bonds. The van der Waals surface area contributed by atoms with E-state index in [1.54, 1.807) is 0 Å². The fraction of sp³-hybridized carbons (Fsp3) is 1.00. The van der Waals surface area contributed by atoms with E-state index in [1.807, 2.05) is 0 Å². The van der Waals surface area contributed by atoms with Crippen LogP contribution in [-0.2, 0) is 0 Å². The minimum Gasteiger partial charge on any atom is -0.300 e. The predicted octanol–water partition coefficient (Wildman–Crippen LogP) is 2.91. The summed E-state index contributed by atoms with van der Waals surface area (Å²) < 4.78 is 0. The summed E-state index contributed by atoms with van der Waals surface area (Å²) in [7, 11) is 0. The molecule has 1 nitrogen and oxygen atoms in total. The van der Waals surface area contributed by atoms with E-state index in [0.29, 0.717) is 0 Å². The molecule has 0 aromatic rings. The zero-order chi connectivity index (χ0) is 9.26. The van der Waals surface area contributed by atoms with Crippen molar-refractivity contribution in [1.82, 2.24) is 4.90 Å². The molecule has 2 fully saturated rings. The Hall–Kier alpha value is -0.0400. The van der Waals surface area contributed by atoms with Crippen LogP contribution in [0.15, 0.2) is 0 Å². The van der Waals surface area contributed by atoms with Gasteiger partial charge in [-0.25, -0.2) is 0 Å². The summed E-state index contributed by atoms with van der Waals surface area (Å²) in [4.78, 5) is 2.69. The molecule has 2 aliphatic rings. The number of likely N-dealkylation sites (tertiary alicyclic amines) is 1. The molecule has 2 rings (SSSR count). The van der Waals surface area contributed by atoms with Crippen LogP contribution >= 0.6 is 0 Å². The van der Waals surface area contributed by atoms with Gasteiger partial charge in [-0.1, -0.05) is 13.8 Å². The van der Waals surface area contributed by atoms with Crippen LogP contribution < -0.4 is 0 Å². The van der Waals surface area contributed by atoms with Gasteiger partial charge in [0.2, 0.25) is 0 Å². The third kappa shape index (κ3) is 2.07. The van der Waals surface area contributed by atoms with Gasteiger partial charge < -0.3 is 4.90 Å². The Kier molecular flexibility index (Phi) is 2.92. The van der Waals surface area contributed by atoms with Gasteiger partial charge >= 0.3 is 0 Å². The van der Waals surface area contributed by atoms with Gasteiger partial charge in [0.05, 0.1) is 0 Å². The Bertz CT molecular complexity index is 153. The van der Waals surface area contributed by atoms with Crippen LogP contribution in [0.3, 0.4) is 0 Å². The largest absolute Gasteiger partial charge is 0.300 e. The summed E-state index contributed by atoms with van der Waals surface area (Å²) in [5, 5.41) is 0. The first-order chi connectivity index (χ1) is 6.27. The Morgan fingerprint density at radius 2 is 1.62 bits per heavy atom. The van der Waals surface area contributed by atoms with Crippen molar-refractivity contribution in [1.29, 1.82) is 0 Å². The second-order valence-electron chi connectivity index (χ2n) is 5.20. The summed E-state index contributed by atoms with van der Waals surface area (Å²) in [6.45, 7) is 7.54. The molecule has 0 aromatic carbocycles. The molecule has 0 atom stereocenters. The Morgan fingerprint density at radius 1 is 1.00 bits per heavy atom. The molecule has 0 aromatic heterocycles. The van der Waals surface area contributed by atoms with Crippen LogP contribution in [-0.4, -0.2) is 24.0 Å². The highest BCUT2D eigenvalue weighted by molar-refractivity contribution is 4.84. The SMILES string of the molecule is CC(C)C1CCC(N2CCC2)CC1. The molecule has 0 bridgehead atoms. The maximum Gasteiger partial charge on any atom is 0.00954 e. The van der Waals surface area contributed by atoms with Gasteiger partial charge in [0.25, 0.3) is 0 Å². The summed E-state index contributed by atoms with van der Waals surface area (Å²) in [5.74, 6) is 1.94. The van der Waals surface area contributed by atoms with Crippen LogP contribution in [0.5, 0.6) is 0 Å². The molecule has 1 heteroatoms. The van der Waals surface area contributed by atoms with Crippen molar-refractivity contribution in [3.8, 4) is 0 Å². The van der Waals surface area contributed by atoms with Crippen LogP contribution in [0.1, 0.15) is 46.0 Å². The lowest BCUT2D eigenvalue weighted by Crippen LogP contribution is -2.46. The van der Waals surface area contributed by atoms with Crippen LogP contribution in [0.4, 0.5) is 0 Å². The molecule has 0 spiro atoms. The average molecular weight is 181 g/mol. The van der Waals surface area contributed by atoms with Gasteiger partial charge in [-0.15, -0.1) is 0 Å². The van der Waals surface area contributed by atoms with E-state index in [0.717, 1.165) is 17.9 Å². The van der Waals surface area contributed by atoms with E-state index < -0.39 is 0 Å². The fourth-order valence-electron chi connectivity index (χ4n) is 2.84. The van der Waals surface area contributed by atoms with Crippen molar-refractivity contribution in [3.05, 3.63) is 0 Å². The van der Waals surface area contributed by atoms with Gasteiger partial charge in [0.15, 0.2) is 0 Å². The van der Waals surface area contributed by atoms with Gasteiger partial charge in [0.1, 0.15) is 0 Å². The minimum atomic E-state index is 0.914. The van der Waals surface area contributed by atoms with E-state index >= 15 is 0 Å². The number of rotatable bonds is 2. The molecule has 1 heterocycles. The highest BCUT2D eigenvalue weighted by atomic mass is 15.2. The molecule has 1 aliphatic heterocycles. The Balaban J connectivity index is 1.75. The molecule has 13 heavy (non-hydrogen) atoms. The monoisotopic (exact) mass is 181 g/mol. The molecule has 1 saturated heterocycles. The van der Waals surface area contributed by atoms with E-state index in [4.69, 9.17) is 0 Å². The number of hydrogen-bond acceptors (Lipinski definition) is 1. The lowest BCUT2D eigenvalue weighted by molar-refractivity contribution is 0.0719. The molecular formula is C12H23N. The molecule has 1 saturated carbocycles. The first-order valence-electron chi connectivity index (χ1n) is 6.01. The third-order valence-electron chi connectivity index (χ3n) is 4.09. The van der Waals surface area contributed by atoms with Crippen LogP contribution in [0, 0.1) is 11.8 Å². The van der Waals surface area contributed by atoms with Crippen molar-refractivity contribution in [2.75, 3.05) is 13.1 Å². The average Bonchev–Trinajstić information content (AvgIpc) is 2.02. The Labute approximate surface area is 82.5 Å². The zero-order valence-electron chi connectivity index (χ0n) is 9.13. The fourth-order valence-corrected chi connectivity index (χ4v) is 2.84. The predicted molar refractivity (Wildman–Crippen MR) is 56.8 cm³/mol. The van der Waals surface area contributed by atoms with Crippen LogP contribution in [0.25, 0.3) is 0 Å². The standard InChI is InChI=1S/C12H23N/c1-10(2)11-4-6-12(7-5-11)13-8-3-9-13/h10-12H,3-9H2,1-2H3. The van der Waals surface area contributed by atoms with Gasteiger partial charge in [0, 0.05) is 6.04 Å². The first kappa shape index (κ1) is 9.51. The van der Waals surface area contributed by atoms with E-state index in [9.17, 15) is 0 Å². The minimum absolute atomic E-state index is 0.914. The van der Waals surface area contributed by atoms with Crippen molar-refractivity contribution < 1.29 is 0 Å². The summed E-state index contributed by atoms with van der Waals surface area (Å²) in [6, 6.07) is 0.962. The van der Waals surface area contributed by atoms with E-state index in [1.165, 1.54) is 45.2 Å². The summed E-state index contributed by atoms with van der Waals surface area (Å²) >= 11 is 0. The summed E-state index contributed by atoms with van der Waals surface area (Å²) in [6.07, 6.45) is 7.37. The molecule has 76 valence electrons. The van der Waals surface area contributed by atoms with Crippen LogP contribution in [0.2, 0.25) is 0 Å². The number of nitrogens with zero attached hydrogens (tertiary/aromatic N) is 1. The summed E-state index contributed by atoms with van der Waals surface area (Å²) in [5.41, 5.74) is 0. The second kappa shape index (κ2) is 4.00. The maximum atomic E-state index is 2.69. The highest BCUT2D eigenvalue weighted by Gasteiger charge is 2.29. The van der Waals surface area contributed by atoms with Crippen molar-refractivity contribution in [2.24, 2.45) is 11.8 Å². The highest BCUT2D eigenvalue weighted by Crippen LogP contribution is 2.33. The smallest absolute Gasteiger partial charge is 0.00954 e. The first-order valence-corrected chi connectivity index (χ1v) is 6.01. The normalized spacial score (nSPS) is 36.2. The molecule has 0 radical (unpaired) electrons. The van der Waals surface area contributed by atoms with Crippen molar-refractivity contribution in [3.63, 3.8) is 0 Å². The molecule has 0 unspecified atom stereocenters. The lowest BCUT2D eigenvalue weighted by Gasteiger charge is -2.42. The molecule has 1 aliphatic carbocycles. The topological polar surface area (TPSA) is 3.24 Å². The lowest BCUT2D eigenvalue weighted by atomic mass is 9.79. The zero-order valence-corrected chi connectivity index (χ0v) is 9.13. The van der Waals surface area contributed by atoms with E-state index in [-0.39, 0.29) is 0 Å². The van der Waals surface area contributed by atoms with Gasteiger partial charge in [-0.05, 0) is 57.0 Å². The Morgan fingerprint density at radius 3 is 2.00 bits per heavy atom. The maximum absolute atomic E-state index is 2.69. The van der Waals surface area contributed by atoms with Crippen molar-refractivity contribution >= 4 is 0 Å². The number of hydrogen-bond donors (Lipinski definition) is 0.